The lowest BCUT2D eigenvalue weighted by Crippen LogP contribution is -2.45. The lowest BCUT2D eigenvalue weighted by atomic mass is 10.0. The summed E-state index contributed by atoms with van der Waals surface area (Å²) in [5.41, 5.74) is 1.42. The van der Waals surface area contributed by atoms with Gasteiger partial charge in [0.1, 0.15) is 5.75 Å². The van der Waals surface area contributed by atoms with Crippen LogP contribution in [-0.4, -0.2) is 31.4 Å². The van der Waals surface area contributed by atoms with E-state index in [2.05, 4.69) is 15.4 Å². The van der Waals surface area contributed by atoms with Gasteiger partial charge in [-0.2, -0.15) is 8.78 Å². The van der Waals surface area contributed by atoms with Crippen LogP contribution in [-0.2, 0) is 11.3 Å². The summed E-state index contributed by atoms with van der Waals surface area (Å²) in [5, 5.41) is 5.56. The van der Waals surface area contributed by atoms with E-state index in [0.29, 0.717) is 12.2 Å². The van der Waals surface area contributed by atoms with Crippen LogP contribution >= 0.6 is 0 Å². The number of urea groups is 1. The topological polar surface area (TPSA) is 59.6 Å². The quantitative estimate of drug-likeness (QED) is 0.874. The second-order valence-corrected chi connectivity index (χ2v) is 5.72. The van der Waals surface area contributed by atoms with Gasteiger partial charge in [-0.05, 0) is 32.8 Å². The van der Waals surface area contributed by atoms with E-state index in [0.717, 1.165) is 18.4 Å². The number of nitrogens with one attached hydrogen (secondary N) is 2. The molecule has 0 radical (unpaired) electrons. The van der Waals surface area contributed by atoms with Gasteiger partial charge in [0.15, 0.2) is 0 Å². The van der Waals surface area contributed by atoms with E-state index in [1.54, 1.807) is 12.1 Å². The highest BCUT2D eigenvalue weighted by atomic mass is 19.3. The fourth-order valence-corrected chi connectivity index (χ4v) is 2.60. The van der Waals surface area contributed by atoms with Crippen molar-refractivity contribution in [3.63, 3.8) is 0 Å². The summed E-state index contributed by atoms with van der Waals surface area (Å²) in [4.78, 5) is 12.0. The van der Waals surface area contributed by atoms with Crippen molar-refractivity contribution in [2.45, 2.75) is 52.0 Å². The molecule has 0 aliphatic carbocycles. The molecule has 7 heteroatoms. The minimum atomic E-state index is -2.89. The first kappa shape index (κ1) is 17.5. The van der Waals surface area contributed by atoms with Gasteiger partial charge in [0, 0.05) is 24.8 Å². The molecule has 1 heterocycles. The maximum Gasteiger partial charge on any atom is 0.387 e. The van der Waals surface area contributed by atoms with Crippen LogP contribution in [0.1, 0.15) is 30.9 Å². The summed E-state index contributed by atoms with van der Waals surface area (Å²) >= 11 is 0. The van der Waals surface area contributed by atoms with E-state index >= 15 is 0 Å². The molecule has 2 amide bonds. The van der Waals surface area contributed by atoms with Crippen molar-refractivity contribution in [2.75, 3.05) is 6.61 Å². The number of alkyl halides is 2. The number of hydrogen-bond donors (Lipinski definition) is 2. The smallest absolute Gasteiger partial charge is 0.387 e. The molecule has 23 heavy (non-hydrogen) atoms. The molecular weight excluding hydrogens is 306 g/mol. The van der Waals surface area contributed by atoms with Crippen molar-refractivity contribution >= 4 is 6.03 Å². The molecule has 1 fully saturated rings. The summed E-state index contributed by atoms with van der Waals surface area (Å²) in [7, 11) is 0. The Balaban J connectivity index is 1.89. The number of carbonyl (C=O) groups is 1. The van der Waals surface area contributed by atoms with Crippen LogP contribution < -0.4 is 15.4 Å². The number of benzene rings is 1. The van der Waals surface area contributed by atoms with Gasteiger partial charge in [-0.3, -0.25) is 0 Å². The van der Waals surface area contributed by atoms with E-state index in [-0.39, 0.29) is 30.5 Å². The summed E-state index contributed by atoms with van der Waals surface area (Å²) in [6.45, 7) is 1.66. The SMILES string of the molecule is Cc1ccc(OC(F)F)c(CNC(=O)N[C@H]2CCO[C@H](C)C2)c1. The van der Waals surface area contributed by atoms with Crippen LogP contribution in [0.25, 0.3) is 0 Å². The van der Waals surface area contributed by atoms with Crippen LogP contribution in [0.5, 0.6) is 5.75 Å². The highest BCUT2D eigenvalue weighted by molar-refractivity contribution is 5.74. The summed E-state index contributed by atoms with van der Waals surface area (Å²) < 4.78 is 34.7. The minimum Gasteiger partial charge on any atom is -0.434 e. The van der Waals surface area contributed by atoms with Gasteiger partial charge in [-0.15, -0.1) is 0 Å². The van der Waals surface area contributed by atoms with E-state index in [1.807, 2.05) is 13.8 Å². The standard InChI is InChI=1S/C16H22F2N2O3/c1-10-3-4-14(23-15(17)18)12(7-10)9-19-16(21)20-13-5-6-22-11(2)8-13/h3-4,7,11,13,15H,5-6,8-9H2,1-2H3,(H2,19,20,21)/t11-,13+/m1/s1. The number of halogens is 2. The van der Waals surface area contributed by atoms with Crippen molar-refractivity contribution < 1.29 is 23.0 Å². The number of ether oxygens (including phenoxy) is 2. The largest absolute Gasteiger partial charge is 0.434 e. The molecular formula is C16H22F2N2O3. The van der Waals surface area contributed by atoms with Crippen molar-refractivity contribution in [1.82, 2.24) is 10.6 Å². The van der Waals surface area contributed by atoms with Gasteiger partial charge < -0.3 is 20.1 Å². The fraction of sp³-hybridized carbons (Fsp3) is 0.562. The average molecular weight is 328 g/mol. The Morgan fingerprint density at radius 2 is 2.26 bits per heavy atom. The molecule has 0 bridgehead atoms. The van der Waals surface area contributed by atoms with E-state index in [9.17, 15) is 13.6 Å². The third kappa shape index (κ3) is 5.67. The molecule has 128 valence electrons. The van der Waals surface area contributed by atoms with Crippen LogP contribution in [0, 0.1) is 6.92 Å². The number of amides is 2. The predicted octanol–water partition coefficient (Wildman–Crippen LogP) is 2.96. The maximum atomic E-state index is 12.4. The first-order valence-electron chi connectivity index (χ1n) is 7.64. The van der Waals surface area contributed by atoms with Gasteiger partial charge in [0.05, 0.1) is 6.10 Å². The number of aryl methyl sites for hydroxylation is 1. The van der Waals surface area contributed by atoms with Gasteiger partial charge in [0.25, 0.3) is 0 Å². The van der Waals surface area contributed by atoms with Crippen molar-refractivity contribution in [1.29, 1.82) is 0 Å². The first-order chi connectivity index (χ1) is 10.9. The monoisotopic (exact) mass is 328 g/mol. The van der Waals surface area contributed by atoms with Crippen molar-refractivity contribution in [2.24, 2.45) is 0 Å². The second kappa shape index (κ2) is 8.10. The molecule has 0 unspecified atom stereocenters. The van der Waals surface area contributed by atoms with Gasteiger partial charge in [0.2, 0.25) is 0 Å². The van der Waals surface area contributed by atoms with Crippen LogP contribution in [0.3, 0.4) is 0 Å². The maximum absolute atomic E-state index is 12.4. The molecule has 0 spiro atoms. The highest BCUT2D eigenvalue weighted by Crippen LogP contribution is 2.22. The van der Waals surface area contributed by atoms with Crippen LogP contribution in [0.4, 0.5) is 13.6 Å². The molecule has 2 rings (SSSR count). The molecule has 5 nitrogen and oxygen atoms in total. The van der Waals surface area contributed by atoms with Crippen molar-refractivity contribution in [3.8, 4) is 5.75 Å². The molecule has 2 atom stereocenters. The lowest BCUT2D eigenvalue weighted by molar-refractivity contribution is -0.0504. The van der Waals surface area contributed by atoms with Gasteiger partial charge >= 0.3 is 12.6 Å². The summed E-state index contributed by atoms with van der Waals surface area (Å²) in [6, 6.07) is 4.62. The molecule has 1 aromatic rings. The molecule has 1 aliphatic rings. The van der Waals surface area contributed by atoms with Crippen LogP contribution in [0.15, 0.2) is 18.2 Å². The predicted molar refractivity (Wildman–Crippen MR) is 81.6 cm³/mol. The molecule has 2 N–H and O–H groups in total. The second-order valence-electron chi connectivity index (χ2n) is 5.72. The Kier molecular flexibility index (Phi) is 6.15. The van der Waals surface area contributed by atoms with Crippen LogP contribution in [0.2, 0.25) is 0 Å². The number of carbonyl (C=O) groups excluding carboxylic acids is 1. The minimum absolute atomic E-state index is 0.0630. The third-order valence-corrected chi connectivity index (χ3v) is 3.69. The summed E-state index contributed by atoms with van der Waals surface area (Å²) in [5.74, 6) is 0.0746. The van der Waals surface area contributed by atoms with Gasteiger partial charge in [-0.25, -0.2) is 4.79 Å². The Morgan fingerprint density at radius 3 is 2.96 bits per heavy atom. The first-order valence-corrected chi connectivity index (χ1v) is 7.64. The lowest BCUT2D eigenvalue weighted by Gasteiger charge is -2.28. The number of hydrogen-bond acceptors (Lipinski definition) is 3. The Labute approximate surface area is 134 Å². The molecule has 1 saturated heterocycles. The normalized spacial score (nSPS) is 21.1. The summed E-state index contributed by atoms with van der Waals surface area (Å²) in [6.07, 6.45) is 1.65. The molecule has 0 saturated carbocycles. The fourth-order valence-electron chi connectivity index (χ4n) is 2.60. The zero-order chi connectivity index (χ0) is 16.8. The Hall–Kier alpha value is -1.89. The number of rotatable bonds is 5. The Bertz CT molecular complexity index is 540. The zero-order valence-corrected chi connectivity index (χ0v) is 13.3. The Morgan fingerprint density at radius 1 is 1.48 bits per heavy atom. The highest BCUT2D eigenvalue weighted by Gasteiger charge is 2.21. The van der Waals surface area contributed by atoms with E-state index in [4.69, 9.17) is 4.74 Å². The van der Waals surface area contributed by atoms with Crippen molar-refractivity contribution in [3.05, 3.63) is 29.3 Å². The molecule has 1 aliphatic heterocycles. The molecule has 0 aromatic heterocycles. The molecule has 1 aromatic carbocycles. The van der Waals surface area contributed by atoms with Gasteiger partial charge in [-0.1, -0.05) is 17.7 Å². The van der Waals surface area contributed by atoms with E-state index < -0.39 is 6.61 Å². The zero-order valence-electron chi connectivity index (χ0n) is 13.3. The average Bonchev–Trinajstić information content (AvgIpc) is 2.47. The van der Waals surface area contributed by atoms with E-state index in [1.165, 1.54) is 6.07 Å². The third-order valence-electron chi connectivity index (χ3n) is 3.69.